The van der Waals surface area contributed by atoms with Gasteiger partial charge in [0.1, 0.15) is 0 Å². The third-order valence-corrected chi connectivity index (χ3v) is 3.24. The smallest absolute Gasteiger partial charge is 0.311 e. The number of rotatable bonds is 3. The third kappa shape index (κ3) is 3.41. The van der Waals surface area contributed by atoms with Crippen LogP contribution in [0.4, 0.5) is 11.5 Å². The first-order valence-corrected chi connectivity index (χ1v) is 6.39. The lowest BCUT2D eigenvalue weighted by Gasteiger charge is -2.35. The molecule has 0 bridgehead atoms. The molecule has 1 aliphatic rings. The predicted molar refractivity (Wildman–Crippen MR) is 72.3 cm³/mol. The maximum atomic E-state index is 11.0. The van der Waals surface area contributed by atoms with Gasteiger partial charge in [0.2, 0.25) is 5.82 Å². The largest absolute Gasteiger partial charge is 0.375 e. The summed E-state index contributed by atoms with van der Waals surface area (Å²) in [7, 11) is 0. The summed E-state index contributed by atoms with van der Waals surface area (Å²) in [6.07, 6.45) is 3.27. The molecule has 19 heavy (non-hydrogen) atoms. The average molecular weight is 265 g/mol. The van der Waals surface area contributed by atoms with Gasteiger partial charge in [-0.3, -0.25) is 10.1 Å². The first-order chi connectivity index (χ1) is 8.87. The summed E-state index contributed by atoms with van der Waals surface area (Å²) < 4.78 is 5.64. The van der Waals surface area contributed by atoms with Gasteiger partial charge in [0.25, 0.3) is 0 Å². The van der Waals surface area contributed by atoms with Crippen LogP contribution in [-0.4, -0.2) is 28.2 Å². The van der Waals surface area contributed by atoms with Crippen LogP contribution in [0.1, 0.15) is 32.3 Å². The number of hydrogen-bond acceptors (Lipinski definition) is 5. The van der Waals surface area contributed by atoms with E-state index in [0.717, 1.165) is 18.4 Å². The van der Waals surface area contributed by atoms with Crippen LogP contribution < -0.4 is 5.32 Å². The number of aromatic nitrogens is 1. The van der Waals surface area contributed by atoms with E-state index in [1.54, 1.807) is 19.2 Å². The van der Waals surface area contributed by atoms with Crippen molar-refractivity contribution < 1.29 is 9.66 Å². The predicted octanol–water partition coefficient (Wildman–Crippen LogP) is 2.67. The Morgan fingerprint density at radius 2 is 2.32 bits per heavy atom. The van der Waals surface area contributed by atoms with Gasteiger partial charge in [-0.2, -0.15) is 0 Å². The van der Waals surface area contributed by atoms with E-state index in [1.807, 2.05) is 13.8 Å². The fourth-order valence-electron chi connectivity index (χ4n) is 2.35. The van der Waals surface area contributed by atoms with Crippen LogP contribution in [0.25, 0.3) is 0 Å². The number of nitrogens with one attached hydrogen (secondary N) is 1. The summed E-state index contributed by atoms with van der Waals surface area (Å²) in [5.41, 5.74) is 0.615. The van der Waals surface area contributed by atoms with E-state index < -0.39 is 4.92 Å². The highest BCUT2D eigenvalue weighted by Gasteiger charge is 2.30. The summed E-state index contributed by atoms with van der Waals surface area (Å²) in [5.74, 6) is 0.346. The van der Waals surface area contributed by atoms with Gasteiger partial charge in [-0.05, 0) is 39.2 Å². The Balaban J connectivity index is 2.17. The molecule has 1 aliphatic heterocycles. The molecule has 1 aromatic heterocycles. The lowest BCUT2D eigenvalue weighted by molar-refractivity contribution is -0.384. The number of nitro groups is 1. The second kappa shape index (κ2) is 5.13. The number of nitrogens with zero attached hydrogens (tertiary/aromatic N) is 2. The lowest BCUT2D eigenvalue weighted by Crippen LogP contribution is -2.40. The van der Waals surface area contributed by atoms with Gasteiger partial charge in [-0.1, -0.05) is 0 Å². The quantitative estimate of drug-likeness (QED) is 0.671. The Hall–Kier alpha value is -1.69. The molecule has 6 heteroatoms. The molecule has 1 N–H and O–H groups in total. The van der Waals surface area contributed by atoms with Gasteiger partial charge < -0.3 is 10.1 Å². The minimum atomic E-state index is -0.396. The van der Waals surface area contributed by atoms with Crippen LogP contribution in [0.2, 0.25) is 0 Å². The lowest BCUT2D eigenvalue weighted by atomic mass is 9.94. The maximum absolute atomic E-state index is 11.0. The molecule has 6 nitrogen and oxygen atoms in total. The molecule has 1 fully saturated rings. The Morgan fingerprint density at radius 3 is 2.95 bits per heavy atom. The minimum Gasteiger partial charge on any atom is -0.375 e. The number of pyridine rings is 1. The second-order valence-corrected chi connectivity index (χ2v) is 5.58. The zero-order chi connectivity index (χ0) is 14.0. The van der Waals surface area contributed by atoms with Gasteiger partial charge in [-0.25, -0.2) is 4.98 Å². The van der Waals surface area contributed by atoms with Crippen LogP contribution in [0.5, 0.6) is 0 Å². The number of hydrogen-bond donors (Lipinski definition) is 1. The molecular formula is C13H19N3O3. The molecule has 1 unspecified atom stereocenters. The molecule has 1 aromatic rings. The minimum absolute atomic E-state index is 0.0318. The SMILES string of the molecule is Cc1cnc(NC2CCOC(C)(C)C2)c([N+](=O)[O-])c1. The summed E-state index contributed by atoms with van der Waals surface area (Å²) in [5, 5.41) is 14.2. The Bertz CT molecular complexity index is 488. The fraction of sp³-hybridized carbons (Fsp3) is 0.615. The summed E-state index contributed by atoms with van der Waals surface area (Å²) in [6, 6.07) is 1.69. The van der Waals surface area contributed by atoms with Crippen molar-refractivity contribution in [1.29, 1.82) is 0 Å². The molecule has 0 amide bonds. The number of ether oxygens (including phenoxy) is 1. The first kappa shape index (κ1) is 13.7. The van der Waals surface area contributed by atoms with Crippen LogP contribution in [-0.2, 0) is 4.74 Å². The van der Waals surface area contributed by atoms with Gasteiger partial charge in [0, 0.05) is 24.9 Å². The van der Waals surface area contributed by atoms with E-state index in [2.05, 4.69) is 10.3 Å². The highest BCUT2D eigenvalue weighted by molar-refractivity contribution is 5.57. The molecule has 2 heterocycles. The van der Waals surface area contributed by atoms with Gasteiger partial charge in [-0.15, -0.1) is 0 Å². The summed E-state index contributed by atoms with van der Waals surface area (Å²) in [4.78, 5) is 14.8. The van der Waals surface area contributed by atoms with Crippen molar-refractivity contribution in [3.63, 3.8) is 0 Å². The summed E-state index contributed by atoms with van der Waals surface area (Å²) >= 11 is 0. The highest BCUT2D eigenvalue weighted by Crippen LogP contribution is 2.29. The molecule has 104 valence electrons. The summed E-state index contributed by atoms with van der Waals surface area (Å²) in [6.45, 7) is 6.50. The highest BCUT2D eigenvalue weighted by atomic mass is 16.6. The topological polar surface area (TPSA) is 77.3 Å². The van der Waals surface area contributed by atoms with E-state index in [4.69, 9.17) is 4.74 Å². The molecule has 0 aliphatic carbocycles. The van der Waals surface area contributed by atoms with Gasteiger partial charge in [0.15, 0.2) is 0 Å². The van der Waals surface area contributed by atoms with Crippen molar-refractivity contribution in [2.75, 3.05) is 11.9 Å². The molecule has 0 saturated carbocycles. The molecule has 0 radical (unpaired) electrons. The van der Waals surface area contributed by atoms with Crippen molar-refractivity contribution in [1.82, 2.24) is 4.98 Å². The molecule has 0 aromatic carbocycles. The van der Waals surface area contributed by atoms with Crippen molar-refractivity contribution >= 4 is 11.5 Å². The number of aryl methyl sites for hydroxylation is 1. The zero-order valence-electron chi connectivity index (χ0n) is 11.5. The Kier molecular flexibility index (Phi) is 3.71. The van der Waals surface area contributed by atoms with Gasteiger partial charge in [0.05, 0.1) is 10.5 Å². The van der Waals surface area contributed by atoms with Crippen LogP contribution in [0.15, 0.2) is 12.3 Å². The average Bonchev–Trinajstić information content (AvgIpc) is 2.30. The maximum Gasteiger partial charge on any atom is 0.311 e. The Morgan fingerprint density at radius 1 is 1.58 bits per heavy atom. The third-order valence-electron chi connectivity index (χ3n) is 3.24. The van der Waals surface area contributed by atoms with E-state index in [-0.39, 0.29) is 17.3 Å². The van der Waals surface area contributed by atoms with E-state index >= 15 is 0 Å². The molecule has 1 atom stereocenters. The van der Waals surface area contributed by atoms with Crippen molar-refractivity contribution in [3.8, 4) is 0 Å². The van der Waals surface area contributed by atoms with Crippen LogP contribution in [0.3, 0.4) is 0 Å². The Labute approximate surface area is 112 Å². The zero-order valence-corrected chi connectivity index (χ0v) is 11.5. The van der Waals surface area contributed by atoms with Crippen LogP contribution in [0, 0.1) is 17.0 Å². The molecule has 0 spiro atoms. The van der Waals surface area contributed by atoms with E-state index in [9.17, 15) is 10.1 Å². The van der Waals surface area contributed by atoms with Crippen molar-refractivity contribution in [3.05, 3.63) is 27.9 Å². The fourth-order valence-corrected chi connectivity index (χ4v) is 2.35. The molecular weight excluding hydrogens is 246 g/mol. The molecule has 1 saturated heterocycles. The van der Waals surface area contributed by atoms with E-state index in [0.29, 0.717) is 12.4 Å². The van der Waals surface area contributed by atoms with Crippen molar-refractivity contribution in [2.24, 2.45) is 0 Å². The standard InChI is InChI=1S/C13H19N3O3/c1-9-6-11(16(17)18)12(14-8-9)15-10-4-5-19-13(2,3)7-10/h6,8,10H,4-5,7H2,1-3H3,(H,14,15). The van der Waals surface area contributed by atoms with Crippen LogP contribution >= 0.6 is 0 Å². The normalized spacial score (nSPS) is 21.9. The van der Waals surface area contributed by atoms with Crippen molar-refractivity contribution in [2.45, 2.75) is 45.3 Å². The first-order valence-electron chi connectivity index (χ1n) is 6.39. The van der Waals surface area contributed by atoms with Gasteiger partial charge >= 0.3 is 5.69 Å². The van der Waals surface area contributed by atoms with E-state index in [1.165, 1.54) is 0 Å². The number of anilines is 1. The monoisotopic (exact) mass is 265 g/mol. The second-order valence-electron chi connectivity index (χ2n) is 5.58. The molecule has 2 rings (SSSR count).